The summed E-state index contributed by atoms with van der Waals surface area (Å²) in [5.41, 5.74) is 10.1. The molecule has 0 fully saturated rings. The molecular formula is C44H74. The summed E-state index contributed by atoms with van der Waals surface area (Å²) in [5.74, 6) is 3.17. The maximum absolute atomic E-state index is 2.74. The Balaban J connectivity index is 2.90. The molecule has 4 unspecified atom stereocenters. The van der Waals surface area contributed by atoms with Gasteiger partial charge in [0, 0.05) is 0 Å². The monoisotopic (exact) mass is 603 g/mol. The molecule has 0 heteroatoms. The van der Waals surface area contributed by atoms with E-state index in [0.717, 1.165) is 23.7 Å². The normalized spacial score (nSPS) is 14.5. The van der Waals surface area contributed by atoms with Gasteiger partial charge in [-0.3, -0.25) is 0 Å². The molecular weight excluding hydrogens is 528 g/mol. The summed E-state index contributed by atoms with van der Waals surface area (Å²) in [7, 11) is 0. The van der Waals surface area contributed by atoms with Gasteiger partial charge in [0.25, 0.3) is 0 Å². The van der Waals surface area contributed by atoms with E-state index in [-0.39, 0.29) is 0 Å². The van der Waals surface area contributed by atoms with Crippen molar-refractivity contribution in [1.82, 2.24) is 0 Å². The van der Waals surface area contributed by atoms with E-state index < -0.39 is 0 Å². The summed E-state index contributed by atoms with van der Waals surface area (Å²) in [6.07, 6.45) is 26.5. The van der Waals surface area contributed by atoms with Crippen LogP contribution in [0.4, 0.5) is 0 Å². The molecule has 2 aromatic carbocycles. The Bertz CT molecular complexity index is 985. The molecule has 0 aliphatic rings. The summed E-state index contributed by atoms with van der Waals surface area (Å²) >= 11 is 0. The van der Waals surface area contributed by atoms with Crippen LogP contribution in [0.5, 0.6) is 0 Å². The topological polar surface area (TPSA) is 0 Å². The summed E-state index contributed by atoms with van der Waals surface area (Å²) in [5, 5.41) is 0. The average molecular weight is 603 g/mol. The number of benzene rings is 2. The van der Waals surface area contributed by atoms with Gasteiger partial charge in [-0.2, -0.15) is 0 Å². The third-order valence-electron chi connectivity index (χ3n) is 11.0. The smallest absolute Gasteiger partial charge is 0.0146 e. The molecule has 0 bridgehead atoms. The first kappa shape index (κ1) is 38.6. The molecule has 0 heterocycles. The fraction of sp³-hybridized carbons (Fsp3) is 0.727. The second-order valence-corrected chi connectivity index (χ2v) is 14.4. The first-order valence-electron chi connectivity index (χ1n) is 19.7. The van der Waals surface area contributed by atoms with Crippen LogP contribution in [0.3, 0.4) is 0 Å². The summed E-state index contributed by atoms with van der Waals surface area (Å²) in [6.45, 7) is 19.3. The van der Waals surface area contributed by atoms with E-state index >= 15 is 0 Å². The van der Waals surface area contributed by atoms with Crippen LogP contribution in [0.1, 0.15) is 180 Å². The average Bonchev–Trinajstić information content (AvgIpc) is 3.06. The highest BCUT2D eigenvalue weighted by Crippen LogP contribution is 2.39. The van der Waals surface area contributed by atoms with Crippen molar-refractivity contribution in [1.29, 1.82) is 0 Å². The minimum Gasteiger partial charge on any atom is -0.0654 e. The first-order chi connectivity index (χ1) is 21.5. The van der Waals surface area contributed by atoms with Crippen LogP contribution in [0.25, 0.3) is 11.1 Å². The number of rotatable bonds is 25. The summed E-state index contributed by atoms with van der Waals surface area (Å²) < 4.78 is 0. The molecule has 0 aliphatic carbocycles. The molecule has 0 aromatic heterocycles. The van der Waals surface area contributed by atoms with Gasteiger partial charge < -0.3 is 0 Å². The van der Waals surface area contributed by atoms with Crippen LogP contribution in [-0.4, -0.2) is 0 Å². The third-order valence-corrected chi connectivity index (χ3v) is 11.0. The van der Waals surface area contributed by atoms with E-state index in [4.69, 9.17) is 0 Å². The van der Waals surface area contributed by atoms with Gasteiger partial charge in [0.15, 0.2) is 0 Å². The van der Waals surface area contributed by atoms with E-state index in [9.17, 15) is 0 Å². The maximum Gasteiger partial charge on any atom is -0.0146 e. The van der Waals surface area contributed by atoms with E-state index in [2.05, 4.69) is 91.8 Å². The Morgan fingerprint density at radius 2 is 0.818 bits per heavy atom. The number of hydrogen-bond donors (Lipinski definition) is 0. The van der Waals surface area contributed by atoms with E-state index in [0.29, 0.717) is 0 Å². The fourth-order valence-corrected chi connectivity index (χ4v) is 7.63. The molecule has 0 amide bonds. The molecule has 0 saturated heterocycles. The molecule has 0 saturated carbocycles. The minimum atomic E-state index is 0.778. The van der Waals surface area contributed by atoms with Gasteiger partial charge in [-0.1, -0.05) is 195 Å². The second kappa shape index (κ2) is 22.9. The molecule has 0 nitrogen and oxygen atoms in total. The van der Waals surface area contributed by atoms with Gasteiger partial charge >= 0.3 is 0 Å². The van der Waals surface area contributed by atoms with Gasteiger partial charge in [-0.05, 0) is 82.7 Å². The molecule has 250 valence electrons. The molecule has 0 aliphatic heterocycles. The van der Waals surface area contributed by atoms with Crippen LogP contribution in [0.15, 0.2) is 36.4 Å². The summed E-state index contributed by atoms with van der Waals surface area (Å²) in [4.78, 5) is 0. The van der Waals surface area contributed by atoms with Crippen molar-refractivity contribution in [3.05, 3.63) is 58.7 Å². The standard InChI is InChI=1S/C44H74/c1-9-17-24-35(13-5)30-40-34-42(39-28-22-21-23-29-39)44(33-38(16-8)27-20-12-4)43(32-37(15-7)26-19-11-3)41(40)31-36(14-6)25-18-10-2/h21-23,28-29,34-38H,9-20,24-27,30-33H2,1-8H3. The largest absolute Gasteiger partial charge is 0.0654 e. The molecule has 4 atom stereocenters. The highest BCUT2D eigenvalue weighted by atomic mass is 14.3. The van der Waals surface area contributed by atoms with E-state index in [1.165, 1.54) is 134 Å². The lowest BCUT2D eigenvalue weighted by molar-refractivity contribution is 0.419. The van der Waals surface area contributed by atoms with Crippen molar-refractivity contribution in [3.8, 4) is 11.1 Å². The van der Waals surface area contributed by atoms with Gasteiger partial charge in [-0.25, -0.2) is 0 Å². The van der Waals surface area contributed by atoms with Crippen molar-refractivity contribution in [3.63, 3.8) is 0 Å². The van der Waals surface area contributed by atoms with Gasteiger partial charge in [0.05, 0.1) is 0 Å². The van der Waals surface area contributed by atoms with E-state index in [1.54, 1.807) is 27.8 Å². The van der Waals surface area contributed by atoms with Gasteiger partial charge in [0.2, 0.25) is 0 Å². The minimum absolute atomic E-state index is 0.778. The van der Waals surface area contributed by atoms with Crippen LogP contribution in [0.2, 0.25) is 0 Å². The molecule has 2 rings (SSSR count). The van der Waals surface area contributed by atoms with Crippen molar-refractivity contribution in [2.45, 2.75) is 184 Å². The zero-order chi connectivity index (χ0) is 32.2. The Morgan fingerprint density at radius 3 is 1.23 bits per heavy atom. The summed E-state index contributed by atoms with van der Waals surface area (Å²) in [6, 6.07) is 14.3. The first-order valence-corrected chi connectivity index (χ1v) is 19.7. The molecule has 0 radical (unpaired) electrons. The van der Waals surface area contributed by atoms with Gasteiger partial charge in [0.1, 0.15) is 0 Å². The van der Waals surface area contributed by atoms with Crippen LogP contribution in [0, 0.1) is 23.7 Å². The van der Waals surface area contributed by atoms with Gasteiger partial charge in [-0.15, -0.1) is 0 Å². The highest BCUT2D eigenvalue weighted by Gasteiger charge is 2.25. The van der Waals surface area contributed by atoms with Crippen molar-refractivity contribution in [2.75, 3.05) is 0 Å². The fourth-order valence-electron chi connectivity index (χ4n) is 7.63. The van der Waals surface area contributed by atoms with Crippen LogP contribution < -0.4 is 0 Å². The number of hydrogen-bond acceptors (Lipinski definition) is 0. The SMILES string of the molecule is CCCCC(CC)Cc1cc(-c2ccccc2)c(CC(CC)CCCC)c(CC(CC)CCCC)c1CC(CC)CCCC. The Kier molecular flexibility index (Phi) is 20.1. The van der Waals surface area contributed by atoms with Crippen LogP contribution in [-0.2, 0) is 25.7 Å². The molecule has 44 heavy (non-hydrogen) atoms. The Hall–Kier alpha value is -1.56. The second-order valence-electron chi connectivity index (χ2n) is 14.4. The Labute approximate surface area is 276 Å². The highest BCUT2D eigenvalue weighted by molar-refractivity contribution is 5.71. The zero-order valence-corrected chi connectivity index (χ0v) is 30.9. The predicted octanol–water partition coefficient (Wildman–Crippen LogP) is 14.4. The molecule has 0 spiro atoms. The lowest BCUT2D eigenvalue weighted by atomic mass is 9.75. The number of unbranched alkanes of at least 4 members (excludes halogenated alkanes) is 4. The lowest BCUT2D eigenvalue weighted by Crippen LogP contribution is -2.18. The quantitative estimate of drug-likeness (QED) is 0.106. The zero-order valence-electron chi connectivity index (χ0n) is 30.9. The predicted molar refractivity (Wildman–Crippen MR) is 200 cm³/mol. The lowest BCUT2D eigenvalue weighted by Gasteiger charge is -2.30. The van der Waals surface area contributed by atoms with Crippen molar-refractivity contribution >= 4 is 0 Å². The molecule has 0 N–H and O–H groups in total. The molecule has 2 aromatic rings. The van der Waals surface area contributed by atoms with Crippen molar-refractivity contribution < 1.29 is 0 Å². The third kappa shape index (κ3) is 12.7. The van der Waals surface area contributed by atoms with E-state index in [1.807, 2.05) is 0 Å². The maximum atomic E-state index is 2.74. The Morgan fingerprint density at radius 1 is 0.432 bits per heavy atom. The van der Waals surface area contributed by atoms with Crippen molar-refractivity contribution in [2.24, 2.45) is 23.7 Å². The van der Waals surface area contributed by atoms with Crippen LogP contribution >= 0.6 is 0 Å².